The summed E-state index contributed by atoms with van der Waals surface area (Å²) in [6.45, 7) is 10.6. The molecule has 0 amide bonds. The Labute approximate surface area is 267 Å². The molecule has 2 saturated heterocycles. The van der Waals surface area contributed by atoms with Gasteiger partial charge in [-0.05, 0) is 104 Å². The Morgan fingerprint density at radius 1 is 0.978 bits per heavy atom. The van der Waals surface area contributed by atoms with Gasteiger partial charge in [-0.3, -0.25) is 0 Å². The summed E-state index contributed by atoms with van der Waals surface area (Å²) in [5, 5.41) is 12.4. The molecule has 0 radical (unpaired) electrons. The minimum absolute atomic E-state index is 0.0563. The summed E-state index contributed by atoms with van der Waals surface area (Å²) < 4.78 is 24.5. The smallest absolute Gasteiger partial charge is 0.336 e. The summed E-state index contributed by atoms with van der Waals surface area (Å²) in [5.41, 5.74) is 3.19. The number of hydrogen-bond donors (Lipinski definition) is 1. The lowest BCUT2D eigenvalue weighted by Crippen LogP contribution is -2.65. The predicted molar refractivity (Wildman–Crippen MR) is 169 cm³/mol. The van der Waals surface area contributed by atoms with E-state index in [0.29, 0.717) is 31.5 Å². The molecule has 3 aliphatic heterocycles. The van der Waals surface area contributed by atoms with Crippen molar-refractivity contribution in [2.45, 2.75) is 109 Å². The summed E-state index contributed by atoms with van der Waals surface area (Å²) >= 11 is 0. The van der Waals surface area contributed by atoms with Crippen LogP contribution in [-0.4, -0.2) is 48.9 Å². The fourth-order valence-corrected chi connectivity index (χ4v) is 13.5. The maximum atomic E-state index is 13.5. The fourth-order valence-electron chi connectivity index (χ4n) is 13.5. The van der Waals surface area contributed by atoms with Gasteiger partial charge in [0.05, 0.1) is 31.0 Å². The molecule has 8 aliphatic rings. The average molecular weight is 615 g/mol. The monoisotopic (exact) mass is 614 g/mol. The number of carbonyl (C=O) groups excluding carboxylic acids is 1. The Morgan fingerprint density at radius 3 is 2.53 bits per heavy atom. The molecule has 6 nitrogen and oxygen atoms in total. The van der Waals surface area contributed by atoms with Crippen LogP contribution in [0.15, 0.2) is 53.6 Å². The number of fused-ring (bicyclic) bond motifs is 5. The van der Waals surface area contributed by atoms with Crippen LogP contribution in [0, 0.1) is 44.8 Å². The molecule has 6 fully saturated rings. The molecule has 1 aromatic rings. The molecule has 9 rings (SSSR count). The van der Waals surface area contributed by atoms with Gasteiger partial charge in [0.15, 0.2) is 0 Å². The van der Waals surface area contributed by atoms with E-state index in [4.69, 9.17) is 18.9 Å². The summed E-state index contributed by atoms with van der Waals surface area (Å²) in [6.07, 6.45) is 13.2. The molecule has 0 aromatic heterocycles. The normalized spacial score (nSPS) is 54.3. The van der Waals surface area contributed by atoms with Crippen LogP contribution in [0.1, 0.15) is 97.1 Å². The van der Waals surface area contributed by atoms with Crippen molar-refractivity contribution < 1.29 is 28.8 Å². The van der Waals surface area contributed by atoms with Gasteiger partial charge in [-0.1, -0.05) is 62.8 Å². The largest absolute Gasteiger partial charge is 0.426 e. The van der Waals surface area contributed by atoms with Gasteiger partial charge in [0.2, 0.25) is 5.79 Å². The molecular formula is C39H50O6. The first-order chi connectivity index (χ1) is 21.4. The highest BCUT2D eigenvalue weighted by Gasteiger charge is 2.85. The Balaban J connectivity index is 1.02. The fraction of sp³-hybridized carbons (Fsp3) is 0.718. The Kier molecular flexibility index (Phi) is 5.78. The zero-order valence-electron chi connectivity index (χ0n) is 27.7. The van der Waals surface area contributed by atoms with Crippen LogP contribution in [0.2, 0.25) is 0 Å². The second-order valence-corrected chi connectivity index (χ2v) is 17.4. The molecule has 5 aliphatic carbocycles. The first-order valence-electron chi connectivity index (χ1n) is 17.6. The minimum atomic E-state index is -0.997. The van der Waals surface area contributed by atoms with Crippen molar-refractivity contribution in [3.63, 3.8) is 0 Å². The Morgan fingerprint density at radius 2 is 1.78 bits per heavy atom. The quantitative estimate of drug-likeness (QED) is 0.290. The molecule has 1 spiro atoms. The van der Waals surface area contributed by atoms with Gasteiger partial charge in [0.25, 0.3) is 0 Å². The molecule has 1 aromatic carbocycles. The molecule has 12 atom stereocenters. The van der Waals surface area contributed by atoms with E-state index < -0.39 is 11.4 Å². The van der Waals surface area contributed by atoms with Crippen LogP contribution in [-0.2, 0) is 23.7 Å². The SMILES string of the molecule is CO[C@@]1(C)CO[C@@]2(C=C([C@@H]3CC[C@]45C[C@]34CC[C@@H]3[C@@]4(C)CC=C6C[C@@H](c7ccccc7)OC[C@]6(C)[C@@H]4C[C@@H](O)[C@]35C)C(=O)O2)C1. The van der Waals surface area contributed by atoms with Crippen molar-refractivity contribution in [2.75, 3.05) is 20.3 Å². The lowest BCUT2D eigenvalue weighted by molar-refractivity contribution is -0.224. The van der Waals surface area contributed by atoms with Gasteiger partial charge in [0, 0.05) is 29.9 Å². The number of benzene rings is 1. The molecule has 3 heterocycles. The van der Waals surface area contributed by atoms with Crippen molar-refractivity contribution >= 4 is 5.97 Å². The average Bonchev–Trinajstić information content (AvgIpc) is 3.23. The highest BCUT2D eigenvalue weighted by Crippen LogP contribution is 2.91. The number of ether oxygens (including phenoxy) is 4. The third-order valence-electron chi connectivity index (χ3n) is 15.8. The van der Waals surface area contributed by atoms with Crippen LogP contribution in [0.25, 0.3) is 0 Å². The van der Waals surface area contributed by atoms with E-state index in [1.807, 2.05) is 13.0 Å². The Bertz CT molecular complexity index is 1520. The minimum Gasteiger partial charge on any atom is -0.426 e. The van der Waals surface area contributed by atoms with E-state index in [2.05, 4.69) is 57.2 Å². The highest BCUT2D eigenvalue weighted by atomic mass is 16.7. The van der Waals surface area contributed by atoms with Gasteiger partial charge in [-0.2, -0.15) is 0 Å². The standard InChI is InChI=1S/C39H50O6/c1-33(42-5)20-39(44-22-33)19-26(32(41)45-39)27-12-16-38-21-37(27,38)15-13-29-34(2)14-11-25-17-28(24-9-7-6-8-10-24)43-23-35(25,3)30(34)18-31(40)36(29,38)4/h6-11,19,27-31,40H,12-18,20-23H2,1-5H3/t27-,28-,29+,30+,31+,33+,34+,35-,36-,37+,38+,39+/m0/s1. The number of aliphatic hydroxyl groups is 1. The lowest BCUT2D eigenvalue weighted by atomic mass is 9.37. The van der Waals surface area contributed by atoms with Crippen molar-refractivity contribution in [3.05, 3.63) is 59.2 Å². The molecule has 242 valence electrons. The van der Waals surface area contributed by atoms with E-state index in [-0.39, 0.29) is 51.2 Å². The number of allylic oxidation sites excluding steroid dienone is 1. The van der Waals surface area contributed by atoms with Crippen LogP contribution < -0.4 is 0 Å². The van der Waals surface area contributed by atoms with E-state index in [1.165, 1.54) is 11.1 Å². The second-order valence-electron chi connectivity index (χ2n) is 17.4. The van der Waals surface area contributed by atoms with Crippen molar-refractivity contribution in [2.24, 2.45) is 44.8 Å². The number of methoxy groups -OCH3 is 1. The summed E-state index contributed by atoms with van der Waals surface area (Å²) in [6, 6.07) is 10.7. The van der Waals surface area contributed by atoms with Crippen LogP contribution in [0.4, 0.5) is 0 Å². The first-order valence-corrected chi connectivity index (χ1v) is 17.6. The maximum Gasteiger partial charge on any atom is 0.336 e. The van der Waals surface area contributed by atoms with Crippen LogP contribution in [0.3, 0.4) is 0 Å². The topological polar surface area (TPSA) is 74.2 Å². The van der Waals surface area contributed by atoms with Gasteiger partial charge in [-0.15, -0.1) is 0 Å². The third kappa shape index (κ3) is 3.43. The van der Waals surface area contributed by atoms with E-state index in [9.17, 15) is 9.90 Å². The van der Waals surface area contributed by atoms with Gasteiger partial charge in [-0.25, -0.2) is 4.79 Å². The zero-order chi connectivity index (χ0) is 31.3. The summed E-state index contributed by atoms with van der Waals surface area (Å²) in [7, 11) is 1.70. The lowest BCUT2D eigenvalue weighted by Gasteiger charge is -2.68. The summed E-state index contributed by atoms with van der Waals surface area (Å²) in [4.78, 5) is 13.5. The number of aliphatic hydroxyl groups excluding tert-OH is 1. The van der Waals surface area contributed by atoms with Gasteiger partial charge in [0.1, 0.15) is 0 Å². The maximum absolute atomic E-state index is 13.5. The number of hydrogen-bond acceptors (Lipinski definition) is 6. The Hall–Kier alpha value is -1.99. The molecule has 1 N–H and O–H groups in total. The summed E-state index contributed by atoms with van der Waals surface area (Å²) in [5.74, 6) is -0.203. The molecule has 4 saturated carbocycles. The van der Waals surface area contributed by atoms with Crippen molar-refractivity contribution in [3.8, 4) is 0 Å². The number of esters is 1. The number of carbonyl (C=O) groups is 1. The second kappa shape index (κ2) is 8.92. The molecule has 6 heteroatoms. The van der Waals surface area contributed by atoms with Gasteiger partial charge >= 0.3 is 5.97 Å². The molecule has 0 bridgehead atoms. The zero-order valence-corrected chi connectivity index (χ0v) is 27.7. The third-order valence-corrected chi connectivity index (χ3v) is 15.8. The van der Waals surface area contributed by atoms with Crippen LogP contribution in [0.5, 0.6) is 0 Å². The predicted octanol–water partition coefficient (Wildman–Crippen LogP) is 7.08. The van der Waals surface area contributed by atoms with Crippen LogP contribution >= 0.6 is 0 Å². The van der Waals surface area contributed by atoms with Crippen molar-refractivity contribution in [1.29, 1.82) is 0 Å². The molecular weight excluding hydrogens is 564 g/mol. The first kappa shape index (κ1) is 29.2. The molecule has 0 unspecified atom stereocenters. The van der Waals surface area contributed by atoms with E-state index in [0.717, 1.165) is 56.9 Å². The van der Waals surface area contributed by atoms with E-state index >= 15 is 0 Å². The van der Waals surface area contributed by atoms with Gasteiger partial charge < -0.3 is 24.1 Å². The van der Waals surface area contributed by atoms with E-state index in [1.54, 1.807) is 7.11 Å². The molecule has 45 heavy (non-hydrogen) atoms. The highest BCUT2D eigenvalue weighted by molar-refractivity contribution is 5.92. The number of rotatable bonds is 3. The van der Waals surface area contributed by atoms with Crippen molar-refractivity contribution in [1.82, 2.24) is 0 Å².